The third-order valence-corrected chi connectivity index (χ3v) is 2.57. The molecule has 0 aliphatic carbocycles. The van der Waals surface area contributed by atoms with Crippen molar-refractivity contribution in [2.75, 3.05) is 6.54 Å². The molecule has 1 heterocycles. The third-order valence-electron chi connectivity index (χ3n) is 1.20. The van der Waals surface area contributed by atoms with E-state index >= 15 is 0 Å². The number of rotatable bonds is 0. The lowest BCUT2D eigenvalue weighted by atomic mass is 10.2. The van der Waals surface area contributed by atoms with Gasteiger partial charge in [0.1, 0.15) is 5.17 Å². The highest BCUT2D eigenvalue weighted by Gasteiger charge is 2.31. The normalized spacial score (nSPS) is 25.4. The van der Waals surface area contributed by atoms with E-state index < -0.39 is 4.33 Å². The molecule has 0 amide bonds. The van der Waals surface area contributed by atoms with Crippen molar-refractivity contribution >= 4 is 40.0 Å². The highest BCUT2D eigenvalue weighted by molar-refractivity contribution is 6.79. The van der Waals surface area contributed by atoms with Gasteiger partial charge >= 0.3 is 0 Å². The Morgan fingerprint density at radius 1 is 1.44 bits per heavy atom. The topological polar surface area (TPSA) is 12.4 Å². The molecule has 1 rings (SSSR count). The Balaban J connectivity index is 2.73. The molecule has 0 aromatic carbocycles. The summed E-state index contributed by atoms with van der Waals surface area (Å²) in [6.07, 6.45) is 1.63. The van der Waals surface area contributed by atoms with Crippen molar-refractivity contribution in [3.63, 3.8) is 0 Å². The highest BCUT2D eigenvalue weighted by Crippen LogP contribution is 2.33. The van der Waals surface area contributed by atoms with E-state index in [1.54, 1.807) is 0 Å². The molecule has 0 fully saturated rings. The van der Waals surface area contributed by atoms with Gasteiger partial charge in [-0.15, -0.1) is 0 Å². The van der Waals surface area contributed by atoms with Crippen molar-refractivity contribution in [1.29, 1.82) is 0 Å². The summed E-state index contributed by atoms with van der Waals surface area (Å²) < 4.78 is -0.903. The van der Waals surface area contributed by atoms with Gasteiger partial charge in [-0.25, -0.2) is 0 Å². The molecular weight excluding hydrogens is 180 g/mol. The largest absolute Gasteiger partial charge is 0.275 e. The van der Waals surface area contributed by atoms with Gasteiger partial charge in [-0.1, -0.05) is 34.8 Å². The molecule has 0 bridgehead atoms. The van der Waals surface area contributed by atoms with Crippen molar-refractivity contribution in [3.05, 3.63) is 0 Å². The van der Waals surface area contributed by atoms with Gasteiger partial charge in [0.2, 0.25) is 0 Å². The molecule has 0 saturated carbocycles. The van der Waals surface area contributed by atoms with Crippen molar-refractivity contribution in [2.24, 2.45) is 4.99 Å². The van der Waals surface area contributed by atoms with E-state index in [2.05, 4.69) is 4.99 Å². The Morgan fingerprint density at radius 3 is 2.44 bits per heavy atom. The average molecular weight is 186 g/mol. The standard InChI is InChI=1S/C5H6Cl3N/c6-4-5(7,8)2-1-3-9-4/h1-3H2. The fourth-order valence-corrected chi connectivity index (χ4v) is 1.26. The zero-order valence-electron chi connectivity index (χ0n) is 4.70. The Labute approximate surface area is 69.0 Å². The molecule has 0 saturated heterocycles. The van der Waals surface area contributed by atoms with Gasteiger partial charge < -0.3 is 0 Å². The minimum absolute atomic E-state index is 0.331. The van der Waals surface area contributed by atoms with Crippen molar-refractivity contribution < 1.29 is 0 Å². The molecule has 0 radical (unpaired) electrons. The fourth-order valence-electron chi connectivity index (χ4n) is 0.697. The maximum absolute atomic E-state index is 5.73. The summed E-state index contributed by atoms with van der Waals surface area (Å²) in [5.41, 5.74) is 0. The van der Waals surface area contributed by atoms with Gasteiger partial charge in [-0.05, 0) is 12.8 Å². The van der Waals surface area contributed by atoms with Crippen molar-refractivity contribution in [2.45, 2.75) is 17.2 Å². The minimum atomic E-state index is -0.903. The lowest BCUT2D eigenvalue weighted by Gasteiger charge is -2.20. The second-order valence-electron chi connectivity index (χ2n) is 1.98. The molecule has 0 unspecified atom stereocenters. The van der Waals surface area contributed by atoms with Gasteiger partial charge in [-0.3, -0.25) is 4.99 Å². The van der Waals surface area contributed by atoms with Crippen LogP contribution >= 0.6 is 34.8 Å². The summed E-state index contributed by atoms with van der Waals surface area (Å²) >= 11 is 17.0. The first-order chi connectivity index (χ1) is 4.13. The first-order valence-electron chi connectivity index (χ1n) is 2.71. The molecule has 0 aromatic rings. The van der Waals surface area contributed by atoms with E-state index in [9.17, 15) is 0 Å². The molecule has 0 N–H and O–H groups in total. The number of hydrogen-bond donors (Lipinski definition) is 0. The maximum Gasteiger partial charge on any atom is 0.170 e. The molecular formula is C5H6Cl3N. The molecule has 0 atom stereocenters. The van der Waals surface area contributed by atoms with Gasteiger partial charge in [0.15, 0.2) is 4.33 Å². The Hall–Kier alpha value is 0.540. The highest BCUT2D eigenvalue weighted by atomic mass is 35.5. The van der Waals surface area contributed by atoms with Crippen LogP contribution in [0.3, 0.4) is 0 Å². The molecule has 52 valence electrons. The van der Waals surface area contributed by atoms with Gasteiger partial charge in [-0.2, -0.15) is 0 Å². The van der Waals surface area contributed by atoms with Gasteiger partial charge in [0.05, 0.1) is 0 Å². The molecule has 1 aliphatic heterocycles. The number of alkyl halides is 2. The quantitative estimate of drug-likeness (QED) is 0.516. The predicted molar refractivity (Wildman–Crippen MR) is 41.8 cm³/mol. The SMILES string of the molecule is ClC1=NCCCC1(Cl)Cl. The molecule has 4 heteroatoms. The van der Waals surface area contributed by atoms with E-state index in [-0.39, 0.29) is 0 Å². The summed E-state index contributed by atoms with van der Waals surface area (Å²) in [6.45, 7) is 0.750. The first-order valence-corrected chi connectivity index (χ1v) is 3.84. The van der Waals surface area contributed by atoms with Crippen LogP contribution in [-0.4, -0.2) is 16.0 Å². The van der Waals surface area contributed by atoms with Crippen LogP contribution in [0, 0.1) is 0 Å². The second-order valence-corrected chi connectivity index (χ2v) is 3.82. The number of hydrogen-bond acceptors (Lipinski definition) is 1. The smallest absolute Gasteiger partial charge is 0.170 e. The van der Waals surface area contributed by atoms with Crippen molar-refractivity contribution in [1.82, 2.24) is 0 Å². The van der Waals surface area contributed by atoms with Crippen LogP contribution in [0.15, 0.2) is 4.99 Å². The predicted octanol–water partition coefficient (Wildman–Crippen LogP) is 2.59. The van der Waals surface area contributed by atoms with Crippen LogP contribution in [0.25, 0.3) is 0 Å². The van der Waals surface area contributed by atoms with E-state index in [1.807, 2.05) is 0 Å². The number of aliphatic imine (C=N–C) groups is 1. The van der Waals surface area contributed by atoms with Crippen molar-refractivity contribution in [3.8, 4) is 0 Å². The fraction of sp³-hybridized carbons (Fsp3) is 0.800. The Morgan fingerprint density at radius 2 is 2.11 bits per heavy atom. The summed E-state index contributed by atoms with van der Waals surface area (Å²) in [5, 5.41) is 0.331. The van der Waals surface area contributed by atoms with Crippen LogP contribution in [-0.2, 0) is 0 Å². The summed E-state index contributed by atoms with van der Waals surface area (Å²) in [5.74, 6) is 0. The summed E-state index contributed by atoms with van der Waals surface area (Å²) in [4.78, 5) is 3.90. The second kappa shape index (κ2) is 2.65. The van der Waals surface area contributed by atoms with E-state index in [4.69, 9.17) is 34.8 Å². The van der Waals surface area contributed by atoms with E-state index in [0.29, 0.717) is 11.6 Å². The Kier molecular flexibility index (Phi) is 2.25. The van der Waals surface area contributed by atoms with Gasteiger partial charge in [0, 0.05) is 6.54 Å². The molecule has 9 heavy (non-hydrogen) atoms. The van der Waals surface area contributed by atoms with Crippen LogP contribution < -0.4 is 0 Å². The van der Waals surface area contributed by atoms with Crippen LogP contribution in [0.2, 0.25) is 0 Å². The van der Waals surface area contributed by atoms with E-state index in [0.717, 1.165) is 13.0 Å². The lowest BCUT2D eigenvalue weighted by Crippen LogP contribution is -2.25. The average Bonchev–Trinajstić information content (AvgIpc) is 1.77. The van der Waals surface area contributed by atoms with E-state index in [1.165, 1.54) is 0 Å². The van der Waals surface area contributed by atoms with Crippen LogP contribution in [0.4, 0.5) is 0 Å². The molecule has 1 nitrogen and oxygen atoms in total. The summed E-state index contributed by atoms with van der Waals surface area (Å²) in [7, 11) is 0. The monoisotopic (exact) mass is 185 g/mol. The number of nitrogens with zero attached hydrogens (tertiary/aromatic N) is 1. The molecule has 0 spiro atoms. The van der Waals surface area contributed by atoms with Crippen LogP contribution in [0.5, 0.6) is 0 Å². The summed E-state index contributed by atoms with van der Waals surface area (Å²) in [6, 6.07) is 0. The molecule has 0 aromatic heterocycles. The Bertz CT molecular complexity index is 141. The zero-order chi connectivity index (χ0) is 6.91. The lowest BCUT2D eigenvalue weighted by molar-refractivity contribution is 0.719. The molecule has 1 aliphatic rings. The minimum Gasteiger partial charge on any atom is -0.275 e. The zero-order valence-corrected chi connectivity index (χ0v) is 6.97. The first kappa shape index (κ1) is 7.64. The third kappa shape index (κ3) is 1.73. The number of halogens is 3. The van der Waals surface area contributed by atoms with Crippen LogP contribution in [0.1, 0.15) is 12.8 Å². The van der Waals surface area contributed by atoms with Gasteiger partial charge in [0.25, 0.3) is 0 Å². The maximum atomic E-state index is 5.73.